The van der Waals surface area contributed by atoms with E-state index in [-0.39, 0.29) is 0 Å². The Bertz CT molecular complexity index is 746. The predicted molar refractivity (Wildman–Crippen MR) is 99.4 cm³/mol. The number of benzene rings is 2. The van der Waals surface area contributed by atoms with Gasteiger partial charge in [0, 0.05) is 11.8 Å². The van der Waals surface area contributed by atoms with Crippen LogP contribution in [0, 0.1) is 6.92 Å². The molecule has 3 nitrogen and oxygen atoms in total. The molecule has 1 heterocycles. The second kappa shape index (κ2) is 8.91. The van der Waals surface area contributed by atoms with E-state index in [9.17, 15) is 0 Å². The molecule has 1 aromatic heterocycles. The number of halogens is 1. The number of hydrogen-bond acceptors (Lipinski definition) is 3. The molecule has 0 radical (unpaired) electrons. The van der Waals surface area contributed by atoms with Crippen molar-refractivity contribution in [3.63, 3.8) is 0 Å². The molecule has 0 spiro atoms. The van der Waals surface area contributed by atoms with E-state index in [1.165, 1.54) is 5.56 Å². The van der Waals surface area contributed by atoms with Gasteiger partial charge in [-0.3, -0.25) is 0 Å². The fourth-order valence-electron chi connectivity index (χ4n) is 2.11. The molecule has 5 heteroatoms. The summed E-state index contributed by atoms with van der Waals surface area (Å²) in [5.41, 5.74) is 9.05. The van der Waals surface area contributed by atoms with Crippen LogP contribution in [0.5, 0.6) is 11.5 Å². The first-order chi connectivity index (χ1) is 11.2. The number of hydrogen-bond donors (Lipinski definition) is 1. The third kappa shape index (κ3) is 4.96. The first kappa shape index (κ1) is 17.8. The van der Waals surface area contributed by atoms with Crippen LogP contribution in [0.1, 0.15) is 5.56 Å². The molecule has 23 heavy (non-hydrogen) atoms. The minimum atomic E-state index is 0.532. The Hall–Kier alpha value is -1.56. The summed E-state index contributed by atoms with van der Waals surface area (Å²) in [6.07, 6.45) is 1.69. The van der Waals surface area contributed by atoms with Gasteiger partial charge in [0.1, 0.15) is 17.3 Å². The van der Waals surface area contributed by atoms with Crippen molar-refractivity contribution in [2.75, 3.05) is 5.73 Å². The zero-order valence-electron chi connectivity index (χ0n) is 12.5. The van der Waals surface area contributed by atoms with Crippen LogP contribution in [0.4, 0.5) is 5.82 Å². The number of nitrogen functional groups attached to an aromatic ring is 1. The molecule has 0 aliphatic heterocycles. The van der Waals surface area contributed by atoms with Crippen LogP contribution in [-0.4, -0.2) is 4.98 Å². The summed E-state index contributed by atoms with van der Waals surface area (Å²) >= 11 is 5.87. The van der Waals surface area contributed by atoms with Crippen molar-refractivity contribution in [3.05, 3.63) is 72.4 Å². The maximum absolute atomic E-state index is 5.89. The van der Waals surface area contributed by atoms with Crippen molar-refractivity contribution in [2.45, 2.75) is 6.92 Å². The van der Waals surface area contributed by atoms with Crippen molar-refractivity contribution in [1.29, 1.82) is 0 Å². The molecule has 2 aromatic carbocycles. The summed E-state index contributed by atoms with van der Waals surface area (Å²) in [5, 5.41) is 0. The quantitative estimate of drug-likeness (QED) is 0.420. The van der Waals surface area contributed by atoms with Gasteiger partial charge in [-0.05, 0) is 48.9 Å². The molecule has 0 unspecified atom stereocenters. The first-order valence-corrected chi connectivity index (χ1v) is 9.93. The Morgan fingerprint density at radius 2 is 1.48 bits per heavy atom. The van der Waals surface area contributed by atoms with Gasteiger partial charge in [-0.1, -0.05) is 29.8 Å². The second-order valence-electron chi connectivity index (χ2n) is 4.88. The molecule has 0 fully saturated rings. The summed E-state index contributed by atoms with van der Waals surface area (Å²) in [7, 11) is 0. The molecule has 2 N–H and O–H groups in total. The van der Waals surface area contributed by atoms with E-state index in [0.29, 0.717) is 5.82 Å². The normalized spacial score (nSPS) is 9.74. The average Bonchev–Trinajstić information content (AvgIpc) is 2.60. The number of pyridine rings is 1. The summed E-state index contributed by atoms with van der Waals surface area (Å²) in [6, 6.07) is 19.6. The van der Waals surface area contributed by atoms with Gasteiger partial charge < -0.3 is 10.5 Å². The maximum atomic E-state index is 5.89. The van der Waals surface area contributed by atoms with Crippen LogP contribution in [-0.2, 0) is 12.8 Å². The molecule has 0 atom stereocenters. The van der Waals surface area contributed by atoms with E-state index in [1.54, 1.807) is 26.5 Å². The van der Waals surface area contributed by atoms with Crippen molar-refractivity contribution in [3.8, 4) is 22.6 Å². The molecular weight excluding hydrogens is 451 g/mol. The minimum absolute atomic E-state index is 0.532. The topological polar surface area (TPSA) is 48.1 Å². The number of aromatic nitrogens is 1. The molecule has 0 aliphatic carbocycles. The Labute approximate surface area is 155 Å². The third-order valence-corrected chi connectivity index (χ3v) is 3.26. The predicted octanol–water partition coefficient (Wildman–Crippen LogP) is 5.31. The number of aryl methyl sites for hydroxylation is 1. The van der Waals surface area contributed by atoms with Crippen LogP contribution >= 0.6 is 20.3 Å². The molecule has 0 saturated carbocycles. The van der Waals surface area contributed by atoms with Crippen LogP contribution in [0.15, 0.2) is 66.9 Å². The first-order valence-electron chi connectivity index (χ1n) is 6.89. The van der Waals surface area contributed by atoms with Gasteiger partial charge in [-0.2, -0.15) is 0 Å². The van der Waals surface area contributed by atoms with Gasteiger partial charge in [0.25, 0.3) is 0 Å². The Balaban J connectivity index is 0.000000924. The summed E-state index contributed by atoms with van der Waals surface area (Å²) in [5.74, 6) is 2.16. The van der Waals surface area contributed by atoms with Gasteiger partial charge in [0.05, 0.1) is 0 Å². The zero-order valence-corrected chi connectivity index (χ0v) is 15.6. The third-order valence-electron chi connectivity index (χ3n) is 3.26. The van der Waals surface area contributed by atoms with Gasteiger partial charge in [0.15, 0.2) is 0 Å². The molecule has 0 saturated heterocycles. The second-order valence-corrected chi connectivity index (χ2v) is 4.88. The monoisotopic (exact) mass is 466 g/mol. The molecule has 3 rings (SSSR count). The van der Waals surface area contributed by atoms with E-state index in [4.69, 9.17) is 10.5 Å². The molecule has 0 amide bonds. The van der Waals surface area contributed by atoms with E-state index < -0.39 is 0 Å². The van der Waals surface area contributed by atoms with Crippen molar-refractivity contribution in [2.24, 2.45) is 0 Å². The summed E-state index contributed by atoms with van der Waals surface area (Å²) < 4.78 is 5.81. The Kier molecular flexibility index (Phi) is 6.89. The fraction of sp³-hybridized carbons (Fsp3) is 0.0556. The average molecular weight is 467 g/mol. The van der Waals surface area contributed by atoms with Crippen LogP contribution in [0.25, 0.3) is 11.1 Å². The SMILES string of the molecule is Cc1ccc(Oc2ccc(-c3cccnc3N)cc2)cc1.[Cu][I]. The van der Waals surface area contributed by atoms with E-state index >= 15 is 0 Å². The van der Waals surface area contributed by atoms with E-state index in [2.05, 4.69) is 24.7 Å². The summed E-state index contributed by atoms with van der Waals surface area (Å²) in [6.45, 7) is 2.05. The van der Waals surface area contributed by atoms with E-state index in [0.717, 1.165) is 22.6 Å². The van der Waals surface area contributed by atoms with Gasteiger partial charge >= 0.3 is 33.1 Å². The number of rotatable bonds is 3. The van der Waals surface area contributed by atoms with Crippen LogP contribution < -0.4 is 10.5 Å². The van der Waals surface area contributed by atoms with Crippen molar-refractivity contribution < 1.29 is 17.5 Å². The van der Waals surface area contributed by atoms with Crippen LogP contribution in [0.3, 0.4) is 0 Å². The Morgan fingerprint density at radius 1 is 0.913 bits per heavy atom. The standard InChI is InChI=1S/C18H16N2O.Cu.HI/c1-13-4-8-15(9-5-13)21-16-10-6-14(7-11-16)17-3-2-12-20-18(17)19;;/h2-12H,1H3,(H2,19,20);;1H/q;+1;/p-1. The van der Waals surface area contributed by atoms with Crippen molar-refractivity contribution in [1.82, 2.24) is 4.98 Å². The molecule has 0 aliphatic rings. The van der Waals surface area contributed by atoms with Gasteiger partial charge in [-0.15, -0.1) is 0 Å². The number of nitrogens with zero attached hydrogens (tertiary/aromatic N) is 1. The van der Waals surface area contributed by atoms with E-state index in [1.807, 2.05) is 60.7 Å². The molecule has 3 aromatic rings. The number of nitrogens with two attached hydrogens (primary N) is 1. The van der Waals surface area contributed by atoms with Crippen LogP contribution in [0.2, 0.25) is 0 Å². The molecular formula is C18H16CuIN2O. The summed E-state index contributed by atoms with van der Waals surface area (Å²) in [4.78, 5) is 4.10. The van der Waals surface area contributed by atoms with Crippen molar-refractivity contribution >= 4 is 26.2 Å². The molecule has 0 bridgehead atoms. The number of ether oxygens (including phenoxy) is 1. The van der Waals surface area contributed by atoms with Gasteiger partial charge in [-0.25, -0.2) is 4.98 Å². The zero-order chi connectivity index (χ0) is 16.7. The molecule has 122 valence electrons. The van der Waals surface area contributed by atoms with Gasteiger partial charge in [0.2, 0.25) is 0 Å². The Morgan fingerprint density at radius 3 is 2.04 bits per heavy atom. The number of anilines is 1. The fourth-order valence-corrected chi connectivity index (χ4v) is 2.11.